The van der Waals surface area contributed by atoms with Crippen LogP contribution in [0, 0.1) is 20.8 Å². The number of anilines is 1. The van der Waals surface area contributed by atoms with Crippen LogP contribution in [0.5, 0.6) is 0 Å². The minimum atomic E-state index is -0.635. The van der Waals surface area contributed by atoms with Crippen molar-refractivity contribution in [1.29, 1.82) is 0 Å². The number of carbonyl (C=O) groups excluding carboxylic acids is 2. The summed E-state index contributed by atoms with van der Waals surface area (Å²) in [5.74, 6) is 1.14. The van der Waals surface area contributed by atoms with Gasteiger partial charge in [-0.2, -0.15) is 4.80 Å². The molecule has 0 spiro atoms. The van der Waals surface area contributed by atoms with Gasteiger partial charge < -0.3 is 9.73 Å². The fourth-order valence-electron chi connectivity index (χ4n) is 4.47. The van der Waals surface area contributed by atoms with E-state index >= 15 is 0 Å². The Morgan fingerprint density at radius 3 is 2.62 bits per heavy atom. The molecule has 180 valence electrons. The second-order valence-corrected chi connectivity index (χ2v) is 9.02. The van der Waals surface area contributed by atoms with Gasteiger partial charge in [-0.1, -0.05) is 31.9 Å². The lowest BCUT2D eigenvalue weighted by molar-refractivity contribution is -0.127. The summed E-state index contributed by atoms with van der Waals surface area (Å²) in [6, 6.07) is 9.04. The van der Waals surface area contributed by atoms with Gasteiger partial charge in [-0.3, -0.25) is 14.5 Å². The van der Waals surface area contributed by atoms with Crippen LogP contribution < -0.4 is 10.2 Å². The van der Waals surface area contributed by atoms with Crippen molar-refractivity contribution in [2.45, 2.75) is 78.4 Å². The van der Waals surface area contributed by atoms with E-state index in [2.05, 4.69) is 20.7 Å². The summed E-state index contributed by atoms with van der Waals surface area (Å²) < 4.78 is 5.56. The Hall–Kier alpha value is -3.49. The average molecular weight is 465 g/mol. The summed E-state index contributed by atoms with van der Waals surface area (Å²) in [7, 11) is 0. The van der Waals surface area contributed by atoms with Crippen LogP contribution in [0.25, 0.3) is 11.6 Å². The van der Waals surface area contributed by atoms with Gasteiger partial charge in [-0.25, -0.2) is 0 Å². The molecule has 0 aliphatic heterocycles. The fourth-order valence-corrected chi connectivity index (χ4v) is 4.47. The number of furan rings is 1. The summed E-state index contributed by atoms with van der Waals surface area (Å²) in [5.41, 5.74) is 2.66. The molecule has 2 heterocycles. The molecule has 1 N–H and O–H groups in total. The van der Waals surface area contributed by atoms with Crippen molar-refractivity contribution in [2.75, 3.05) is 4.90 Å². The third kappa shape index (κ3) is 5.18. The maximum atomic E-state index is 13.7. The maximum Gasteiger partial charge on any atom is 0.251 e. The molecule has 0 saturated heterocycles. The summed E-state index contributed by atoms with van der Waals surface area (Å²) in [6.45, 7) is 7.53. The van der Waals surface area contributed by atoms with Crippen LogP contribution in [0.4, 0.5) is 5.69 Å². The number of hydrogen-bond donors (Lipinski definition) is 1. The SMILES string of the molecule is CC[C@@H](C(=O)NC1CCCC1)N(C(=O)Cn1nnc(-c2ccc(C)o2)n1)c1cc(C)ccc1C. The van der Waals surface area contributed by atoms with Gasteiger partial charge in [0, 0.05) is 11.7 Å². The standard InChI is InChI=1S/C25H32N6O3/c1-5-20(25(33)26-19-8-6-7-9-19)31(21-14-16(2)10-11-17(21)3)23(32)15-30-28-24(27-29-30)22-13-12-18(4)34-22/h10-14,19-20H,5-9,15H2,1-4H3,(H,26,33)/t20-/m0/s1. The Labute approximate surface area is 199 Å². The molecule has 4 rings (SSSR count). The zero-order chi connectivity index (χ0) is 24.2. The normalized spacial score (nSPS) is 14.8. The Morgan fingerprint density at radius 2 is 1.94 bits per heavy atom. The summed E-state index contributed by atoms with van der Waals surface area (Å²) in [4.78, 5) is 29.8. The highest BCUT2D eigenvalue weighted by atomic mass is 16.3. The highest BCUT2D eigenvalue weighted by molar-refractivity contribution is 6.01. The van der Waals surface area contributed by atoms with Crippen LogP contribution in [-0.2, 0) is 16.1 Å². The molecule has 0 bridgehead atoms. The largest absolute Gasteiger partial charge is 0.458 e. The van der Waals surface area contributed by atoms with Gasteiger partial charge >= 0.3 is 0 Å². The smallest absolute Gasteiger partial charge is 0.251 e. The first-order valence-electron chi connectivity index (χ1n) is 11.9. The molecular weight excluding hydrogens is 432 g/mol. The number of carbonyl (C=O) groups is 2. The van der Waals surface area contributed by atoms with Gasteiger partial charge in [0.25, 0.3) is 5.91 Å². The predicted molar refractivity (Wildman–Crippen MR) is 128 cm³/mol. The molecule has 1 aromatic carbocycles. The molecule has 1 saturated carbocycles. The zero-order valence-electron chi connectivity index (χ0n) is 20.2. The topological polar surface area (TPSA) is 106 Å². The molecule has 34 heavy (non-hydrogen) atoms. The lowest BCUT2D eigenvalue weighted by Gasteiger charge is -2.32. The van der Waals surface area contributed by atoms with Crippen molar-refractivity contribution in [3.05, 3.63) is 47.2 Å². The molecule has 1 fully saturated rings. The molecule has 1 aliphatic rings. The van der Waals surface area contributed by atoms with Crippen molar-refractivity contribution >= 4 is 17.5 Å². The van der Waals surface area contributed by atoms with Crippen molar-refractivity contribution < 1.29 is 14.0 Å². The second kappa shape index (κ2) is 10.2. The Morgan fingerprint density at radius 1 is 1.18 bits per heavy atom. The Balaban J connectivity index is 1.61. The van der Waals surface area contributed by atoms with E-state index in [-0.39, 0.29) is 24.4 Å². The number of benzene rings is 1. The minimum Gasteiger partial charge on any atom is -0.458 e. The second-order valence-electron chi connectivity index (χ2n) is 9.02. The maximum absolute atomic E-state index is 13.7. The van der Waals surface area contributed by atoms with Crippen molar-refractivity contribution in [1.82, 2.24) is 25.5 Å². The first-order valence-corrected chi connectivity index (χ1v) is 11.9. The average Bonchev–Trinajstić information content (AvgIpc) is 3.56. The Bertz CT molecular complexity index is 1160. The Kier molecular flexibility index (Phi) is 7.09. The highest BCUT2D eigenvalue weighted by Crippen LogP contribution is 2.26. The van der Waals surface area contributed by atoms with Gasteiger partial charge in [0.15, 0.2) is 5.76 Å². The van der Waals surface area contributed by atoms with E-state index in [0.29, 0.717) is 18.0 Å². The van der Waals surface area contributed by atoms with Gasteiger partial charge in [-0.15, -0.1) is 10.2 Å². The zero-order valence-corrected chi connectivity index (χ0v) is 20.2. The molecule has 1 aliphatic carbocycles. The van der Waals surface area contributed by atoms with Crippen molar-refractivity contribution in [2.24, 2.45) is 0 Å². The monoisotopic (exact) mass is 464 g/mol. The fraction of sp³-hybridized carbons (Fsp3) is 0.480. The van der Waals surface area contributed by atoms with Gasteiger partial charge in [0.1, 0.15) is 18.3 Å². The number of amides is 2. The quantitative estimate of drug-likeness (QED) is 0.544. The van der Waals surface area contributed by atoms with E-state index in [9.17, 15) is 9.59 Å². The van der Waals surface area contributed by atoms with E-state index in [1.54, 1.807) is 11.0 Å². The summed E-state index contributed by atoms with van der Waals surface area (Å²) in [6.07, 6.45) is 4.70. The summed E-state index contributed by atoms with van der Waals surface area (Å²) >= 11 is 0. The van der Waals surface area contributed by atoms with Crippen LogP contribution >= 0.6 is 0 Å². The first-order chi connectivity index (χ1) is 16.4. The van der Waals surface area contributed by atoms with E-state index in [1.807, 2.05) is 52.0 Å². The van der Waals surface area contributed by atoms with E-state index in [4.69, 9.17) is 4.42 Å². The van der Waals surface area contributed by atoms with Crippen LogP contribution in [0.15, 0.2) is 34.7 Å². The van der Waals surface area contributed by atoms with E-state index in [1.165, 1.54) is 4.80 Å². The molecular formula is C25H32N6O3. The van der Waals surface area contributed by atoms with Crippen molar-refractivity contribution in [3.8, 4) is 11.6 Å². The van der Waals surface area contributed by atoms with E-state index < -0.39 is 6.04 Å². The van der Waals surface area contributed by atoms with Gasteiger partial charge in [0.05, 0.1) is 0 Å². The minimum absolute atomic E-state index is 0.123. The molecule has 0 radical (unpaired) electrons. The number of aryl methyl sites for hydroxylation is 3. The number of nitrogens with zero attached hydrogens (tertiary/aromatic N) is 5. The van der Waals surface area contributed by atoms with Crippen LogP contribution in [0.3, 0.4) is 0 Å². The number of rotatable bonds is 8. The number of hydrogen-bond acceptors (Lipinski definition) is 6. The van der Waals surface area contributed by atoms with Gasteiger partial charge in [0.2, 0.25) is 11.7 Å². The molecule has 9 nitrogen and oxygen atoms in total. The van der Waals surface area contributed by atoms with Crippen LogP contribution in [0.2, 0.25) is 0 Å². The molecule has 2 aromatic heterocycles. The lowest BCUT2D eigenvalue weighted by Crippen LogP contribution is -2.52. The molecule has 9 heteroatoms. The third-order valence-electron chi connectivity index (χ3n) is 6.29. The van der Waals surface area contributed by atoms with Crippen LogP contribution in [-0.4, -0.2) is 44.1 Å². The number of tetrazole rings is 1. The predicted octanol–water partition coefficient (Wildman–Crippen LogP) is 3.73. The highest BCUT2D eigenvalue weighted by Gasteiger charge is 2.33. The van der Waals surface area contributed by atoms with Crippen LogP contribution in [0.1, 0.15) is 55.9 Å². The van der Waals surface area contributed by atoms with Gasteiger partial charge in [-0.05, 0) is 74.6 Å². The van der Waals surface area contributed by atoms with Crippen molar-refractivity contribution in [3.63, 3.8) is 0 Å². The third-order valence-corrected chi connectivity index (χ3v) is 6.29. The first kappa shape index (κ1) is 23.7. The molecule has 2 amide bonds. The van der Waals surface area contributed by atoms with E-state index in [0.717, 1.165) is 48.3 Å². The molecule has 1 atom stereocenters. The number of nitrogens with one attached hydrogen (secondary N) is 1. The number of aromatic nitrogens is 4. The molecule has 3 aromatic rings. The lowest BCUT2D eigenvalue weighted by atomic mass is 10.0. The molecule has 0 unspecified atom stereocenters. The summed E-state index contributed by atoms with van der Waals surface area (Å²) in [5, 5.41) is 15.5.